The van der Waals surface area contributed by atoms with Gasteiger partial charge in [-0.05, 0) is 23.8 Å². The van der Waals surface area contributed by atoms with Gasteiger partial charge in [-0.15, -0.1) is 11.3 Å². The van der Waals surface area contributed by atoms with Crippen LogP contribution in [-0.4, -0.2) is 34.2 Å². The summed E-state index contributed by atoms with van der Waals surface area (Å²) in [6, 6.07) is 15.1. The van der Waals surface area contributed by atoms with E-state index in [2.05, 4.69) is 10.3 Å². The minimum atomic E-state index is -0.230. The highest BCUT2D eigenvalue weighted by molar-refractivity contribution is 7.16. The van der Waals surface area contributed by atoms with E-state index >= 15 is 0 Å². The summed E-state index contributed by atoms with van der Waals surface area (Å²) in [5.41, 5.74) is 4.45. The molecule has 1 heterocycles. The molecule has 118 valence electrons. The molecule has 0 aliphatic carbocycles. The largest absolute Gasteiger partial charge is 0.395 e. The summed E-state index contributed by atoms with van der Waals surface area (Å²) in [6.45, 7) is 0.660. The molecule has 2 N–H and O–H groups in total. The third kappa shape index (κ3) is 3.85. The number of nitrogens with zero attached hydrogens (tertiary/aromatic N) is 2. The number of anilines is 1. The van der Waals surface area contributed by atoms with E-state index in [9.17, 15) is 9.90 Å². The highest BCUT2D eigenvalue weighted by atomic mass is 32.1. The van der Waals surface area contributed by atoms with E-state index in [4.69, 9.17) is 0 Å². The van der Waals surface area contributed by atoms with Crippen LogP contribution in [0.4, 0.5) is 10.5 Å². The molecule has 0 aliphatic rings. The molecular formula is C17H17N3O2S. The fourth-order valence-electron chi connectivity index (χ4n) is 2.31. The average molecular weight is 327 g/mol. The molecule has 0 radical (unpaired) electrons. The van der Waals surface area contributed by atoms with Gasteiger partial charge in [0.05, 0.1) is 22.3 Å². The minimum absolute atomic E-state index is 0.0753. The van der Waals surface area contributed by atoms with Gasteiger partial charge in [-0.1, -0.05) is 30.3 Å². The summed E-state index contributed by atoms with van der Waals surface area (Å²) >= 11 is 1.53. The number of fused-ring (bicyclic) bond motifs is 1. The molecule has 3 aromatic rings. The van der Waals surface area contributed by atoms with E-state index in [1.165, 1.54) is 11.3 Å². The van der Waals surface area contributed by atoms with Crippen LogP contribution in [0.1, 0.15) is 5.56 Å². The summed E-state index contributed by atoms with van der Waals surface area (Å²) in [6.07, 6.45) is 0. The summed E-state index contributed by atoms with van der Waals surface area (Å²) < 4.78 is 1.03. The molecule has 6 heteroatoms. The minimum Gasteiger partial charge on any atom is -0.395 e. The van der Waals surface area contributed by atoms with Crippen molar-refractivity contribution in [2.24, 2.45) is 0 Å². The number of aromatic nitrogens is 1. The second kappa shape index (κ2) is 7.21. The van der Waals surface area contributed by atoms with Crippen molar-refractivity contribution in [1.82, 2.24) is 9.88 Å². The number of benzene rings is 2. The summed E-state index contributed by atoms with van der Waals surface area (Å²) in [7, 11) is 0. The zero-order chi connectivity index (χ0) is 16.1. The van der Waals surface area contributed by atoms with Gasteiger partial charge in [0.25, 0.3) is 0 Å². The third-order valence-corrected chi connectivity index (χ3v) is 4.25. The Hall–Kier alpha value is -2.44. The van der Waals surface area contributed by atoms with Crippen LogP contribution in [0.15, 0.2) is 54.0 Å². The van der Waals surface area contributed by atoms with Gasteiger partial charge in [-0.3, -0.25) is 0 Å². The number of rotatable bonds is 5. The Labute approximate surface area is 138 Å². The average Bonchev–Trinajstić information content (AvgIpc) is 3.03. The zero-order valence-electron chi connectivity index (χ0n) is 12.5. The number of aliphatic hydroxyl groups excluding tert-OH is 1. The lowest BCUT2D eigenvalue weighted by Gasteiger charge is -2.22. The van der Waals surface area contributed by atoms with Crippen LogP contribution in [0.25, 0.3) is 10.2 Å². The second-order valence-corrected chi connectivity index (χ2v) is 5.98. The quantitative estimate of drug-likeness (QED) is 0.755. The number of hydrogen-bond acceptors (Lipinski definition) is 4. The normalized spacial score (nSPS) is 10.7. The van der Waals surface area contributed by atoms with Gasteiger partial charge in [0.2, 0.25) is 0 Å². The smallest absolute Gasteiger partial charge is 0.322 e. The first-order valence-corrected chi connectivity index (χ1v) is 8.18. The predicted octanol–water partition coefficient (Wildman–Crippen LogP) is 3.32. The van der Waals surface area contributed by atoms with Crippen molar-refractivity contribution in [2.75, 3.05) is 18.5 Å². The Kier molecular flexibility index (Phi) is 4.85. The lowest BCUT2D eigenvalue weighted by Crippen LogP contribution is -2.36. The van der Waals surface area contributed by atoms with E-state index in [0.29, 0.717) is 6.54 Å². The molecule has 0 unspecified atom stereocenters. The van der Waals surface area contributed by atoms with Crippen molar-refractivity contribution in [1.29, 1.82) is 0 Å². The van der Waals surface area contributed by atoms with Crippen molar-refractivity contribution < 1.29 is 9.90 Å². The van der Waals surface area contributed by atoms with Crippen LogP contribution in [-0.2, 0) is 6.54 Å². The van der Waals surface area contributed by atoms with Gasteiger partial charge in [0.15, 0.2) is 0 Å². The van der Waals surface area contributed by atoms with Crippen molar-refractivity contribution in [3.8, 4) is 0 Å². The van der Waals surface area contributed by atoms with Crippen molar-refractivity contribution >= 4 is 33.3 Å². The van der Waals surface area contributed by atoms with Gasteiger partial charge < -0.3 is 15.3 Å². The van der Waals surface area contributed by atoms with E-state index in [-0.39, 0.29) is 19.2 Å². The van der Waals surface area contributed by atoms with Gasteiger partial charge in [0, 0.05) is 18.8 Å². The number of amides is 2. The number of thiazole rings is 1. The molecule has 0 bridgehead atoms. The van der Waals surface area contributed by atoms with Crippen LogP contribution in [0.5, 0.6) is 0 Å². The SMILES string of the molecule is O=C(Nc1ccc2ncsc2c1)N(CCO)Cc1ccccc1. The molecule has 2 aromatic carbocycles. The number of urea groups is 1. The van der Waals surface area contributed by atoms with Crippen LogP contribution >= 0.6 is 11.3 Å². The Bertz CT molecular complexity index is 789. The zero-order valence-corrected chi connectivity index (χ0v) is 13.3. The Balaban J connectivity index is 1.72. The summed E-state index contributed by atoms with van der Waals surface area (Å²) in [5, 5.41) is 12.1. The first kappa shape index (κ1) is 15.5. The molecule has 0 saturated carbocycles. The highest BCUT2D eigenvalue weighted by Crippen LogP contribution is 2.22. The molecule has 0 saturated heterocycles. The Morgan fingerprint density at radius 2 is 2.04 bits per heavy atom. The van der Waals surface area contributed by atoms with E-state index in [0.717, 1.165) is 21.5 Å². The molecule has 23 heavy (non-hydrogen) atoms. The van der Waals surface area contributed by atoms with Crippen molar-refractivity contribution in [2.45, 2.75) is 6.54 Å². The predicted molar refractivity (Wildman–Crippen MR) is 92.6 cm³/mol. The lowest BCUT2D eigenvalue weighted by molar-refractivity contribution is 0.185. The van der Waals surface area contributed by atoms with Crippen LogP contribution < -0.4 is 5.32 Å². The van der Waals surface area contributed by atoms with Crippen molar-refractivity contribution in [3.63, 3.8) is 0 Å². The van der Waals surface area contributed by atoms with Gasteiger partial charge in [-0.2, -0.15) is 0 Å². The van der Waals surface area contributed by atoms with Gasteiger partial charge in [0.1, 0.15) is 0 Å². The Morgan fingerprint density at radius 3 is 2.83 bits per heavy atom. The summed E-state index contributed by atoms with van der Waals surface area (Å²) in [5.74, 6) is 0. The maximum Gasteiger partial charge on any atom is 0.322 e. The Morgan fingerprint density at radius 1 is 1.22 bits per heavy atom. The first-order chi connectivity index (χ1) is 11.3. The molecule has 0 aliphatic heterocycles. The van der Waals surface area contributed by atoms with Gasteiger partial charge >= 0.3 is 6.03 Å². The first-order valence-electron chi connectivity index (χ1n) is 7.30. The molecule has 3 rings (SSSR count). The molecule has 0 spiro atoms. The van der Waals surface area contributed by atoms with Crippen LogP contribution in [0, 0.1) is 0 Å². The number of carbonyl (C=O) groups is 1. The molecule has 1 aromatic heterocycles. The summed E-state index contributed by atoms with van der Waals surface area (Å²) in [4.78, 5) is 18.3. The fraction of sp³-hybridized carbons (Fsp3) is 0.176. The van der Waals surface area contributed by atoms with E-state index < -0.39 is 0 Å². The van der Waals surface area contributed by atoms with Crippen LogP contribution in [0.2, 0.25) is 0 Å². The molecule has 2 amide bonds. The standard InChI is InChI=1S/C17H17N3O2S/c21-9-8-20(11-13-4-2-1-3-5-13)17(22)19-14-6-7-15-16(10-14)23-12-18-15/h1-7,10,12,21H,8-9,11H2,(H,19,22). The van der Waals surface area contributed by atoms with E-state index in [1.807, 2.05) is 48.5 Å². The third-order valence-electron chi connectivity index (χ3n) is 3.46. The number of nitrogens with one attached hydrogen (secondary N) is 1. The maximum atomic E-state index is 12.5. The number of carbonyl (C=O) groups excluding carboxylic acids is 1. The topological polar surface area (TPSA) is 65.5 Å². The number of hydrogen-bond donors (Lipinski definition) is 2. The van der Waals surface area contributed by atoms with E-state index in [1.54, 1.807) is 10.4 Å². The fourth-order valence-corrected chi connectivity index (χ4v) is 3.03. The molecule has 5 nitrogen and oxygen atoms in total. The molecule has 0 atom stereocenters. The van der Waals surface area contributed by atoms with Crippen LogP contribution in [0.3, 0.4) is 0 Å². The lowest BCUT2D eigenvalue weighted by atomic mass is 10.2. The van der Waals surface area contributed by atoms with Gasteiger partial charge in [-0.25, -0.2) is 9.78 Å². The number of aliphatic hydroxyl groups is 1. The highest BCUT2D eigenvalue weighted by Gasteiger charge is 2.14. The second-order valence-electron chi connectivity index (χ2n) is 5.10. The monoisotopic (exact) mass is 327 g/mol. The maximum absolute atomic E-state index is 12.5. The van der Waals surface area contributed by atoms with Crippen molar-refractivity contribution in [3.05, 3.63) is 59.6 Å². The molecule has 0 fully saturated rings. The molecular weight excluding hydrogens is 310 g/mol.